The van der Waals surface area contributed by atoms with Crippen molar-refractivity contribution in [3.63, 3.8) is 0 Å². The van der Waals surface area contributed by atoms with E-state index in [-0.39, 0.29) is 0 Å². The van der Waals surface area contributed by atoms with E-state index in [0.29, 0.717) is 0 Å². The minimum absolute atomic E-state index is 1.08. The highest BCUT2D eigenvalue weighted by atomic mass is 79.9. The van der Waals surface area contributed by atoms with Gasteiger partial charge in [0.15, 0.2) is 0 Å². The van der Waals surface area contributed by atoms with Gasteiger partial charge in [0.25, 0.3) is 0 Å². The summed E-state index contributed by atoms with van der Waals surface area (Å²) in [7, 11) is 2.23. The van der Waals surface area contributed by atoms with Crippen molar-refractivity contribution in [3.8, 4) is 0 Å². The van der Waals surface area contributed by atoms with Crippen LogP contribution in [0.15, 0.2) is 12.1 Å². The van der Waals surface area contributed by atoms with Crippen molar-refractivity contribution in [2.24, 2.45) is 0 Å². The van der Waals surface area contributed by atoms with Gasteiger partial charge in [-0.25, -0.2) is 0 Å². The molecule has 0 heterocycles. The number of aryl methyl sites for hydroxylation is 3. The summed E-state index contributed by atoms with van der Waals surface area (Å²) in [6.45, 7) is 8.90. The van der Waals surface area contributed by atoms with Crippen molar-refractivity contribution < 1.29 is 0 Å². The molecule has 0 aliphatic carbocycles. The quantitative estimate of drug-likeness (QED) is 0.525. The summed E-state index contributed by atoms with van der Waals surface area (Å²) < 4.78 is 0. The molecule has 1 aromatic carbocycles. The molecule has 0 fully saturated rings. The average Bonchev–Trinajstić information content (AvgIpc) is 2.29. The zero-order valence-corrected chi connectivity index (χ0v) is 13.8. The number of rotatable bonds is 7. The zero-order valence-electron chi connectivity index (χ0n) is 12.2. The monoisotopic (exact) mass is 311 g/mol. The Kier molecular flexibility index (Phi) is 6.95. The highest BCUT2D eigenvalue weighted by molar-refractivity contribution is 9.09. The molecule has 0 aliphatic heterocycles. The van der Waals surface area contributed by atoms with Crippen molar-refractivity contribution in [2.75, 3.05) is 18.9 Å². The molecule has 1 rings (SSSR count). The van der Waals surface area contributed by atoms with Crippen LogP contribution in [0.4, 0.5) is 0 Å². The van der Waals surface area contributed by atoms with Crippen LogP contribution in [0.1, 0.15) is 41.5 Å². The largest absolute Gasteiger partial charge is 0.302 e. The van der Waals surface area contributed by atoms with Gasteiger partial charge in [-0.15, -0.1) is 0 Å². The van der Waals surface area contributed by atoms with Crippen LogP contribution in [0.3, 0.4) is 0 Å². The van der Waals surface area contributed by atoms with E-state index in [4.69, 9.17) is 0 Å². The van der Waals surface area contributed by atoms with Crippen LogP contribution in [0, 0.1) is 20.8 Å². The molecule has 0 amide bonds. The molecule has 1 nitrogen and oxygen atoms in total. The molecule has 18 heavy (non-hydrogen) atoms. The van der Waals surface area contributed by atoms with E-state index in [1.54, 1.807) is 0 Å². The highest BCUT2D eigenvalue weighted by Crippen LogP contribution is 2.18. The predicted molar refractivity (Wildman–Crippen MR) is 84.6 cm³/mol. The molecule has 0 aliphatic rings. The van der Waals surface area contributed by atoms with Gasteiger partial charge in [-0.1, -0.05) is 40.0 Å². The molecule has 0 bridgehead atoms. The Morgan fingerprint density at radius 3 is 2.17 bits per heavy atom. The Labute approximate surface area is 121 Å². The van der Waals surface area contributed by atoms with Crippen LogP contribution in [0.5, 0.6) is 0 Å². The Morgan fingerprint density at radius 2 is 1.61 bits per heavy atom. The first-order valence-corrected chi connectivity index (χ1v) is 7.98. The van der Waals surface area contributed by atoms with Gasteiger partial charge in [-0.2, -0.15) is 0 Å². The van der Waals surface area contributed by atoms with Crippen molar-refractivity contribution in [1.82, 2.24) is 4.90 Å². The van der Waals surface area contributed by atoms with Crippen molar-refractivity contribution in [2.45, 2.75) is 46.6 Å². The summed E-state index contributed by atoms with van der Waals surface area (Å²) in [6.07, 6.45) is 3.91. The maximum absolute atomic E-state index is 3.48. The van der Waals surface area contributed by atoms with E-state index in [1.165, 1.54) is 48.1 Å². The normalized spacial score (nSPS) is 11.2. The fourth-order valence-corrected chi connectivity index (χ4v) is 2.86. The summed E-state index contributed by atoms with van der Waals surface area (Å²) in [5.74, 6) is 0. The number of nitrogens with zero attached hydrogens (tertiary/aromatic N) is 1. The van der Waals surface area contributed by atoms with Gasteiger partial charge in [0.2, 0.25) is 0 Å². The Bertz CT molecular complexity index is 350. The molecule has 0 atom stereocenters. The van der Waals surface area contributed by atoms with Gasteiger partial charge in [0, 0.05) is 11.9 Å². The first-order chi connectivity index (χ1) is 8.54. The van der Waals surface area contributed by atoms with Crippen LogP contribution in [0.25, 0.3) is 0 Å². The van der Waals surface area contributed by atoms with Crippen LogP contribution >= 0.6 is 15.9 Å². The third kappa shape index (κ3) is 5.11. The van der Waals surface area contributed by atoms with Crippen LogP contribution in [0.2, 0.25) is 0 Å². The first kappa shape index (κ1) is 15.7. The molecule has 0 radical (unpaired) electrons. The summed E-state index contributed by atoms with van der Waals surface area (Å²) in [5.41, 5.74) is 5.73. The topological polar surface area (TPSA) is 3.24 Å². The second-order valence-electron chi connectivity index (χ2n) is 5.36. The van der Waals surface area contributed by atoms with Crippen LogP contribution in [-0.4, -0.2) is 23.8 Å². The number of halogens is 1. The van der Waals surface area contributed by atoms with Crippen molar-refractivity contribution in [1.29, 1.82) is 0 Å². The molecule has 1 aromatic rings. The van der Waals surface area contributed by atoms with Crippen LogP contribution < -0.4 is 0 Å². The summed E-state index contributed by atoms with van der Waals surface area (Å²) in [5, 5.41) is 1.13. The number of benzene rings is 1. The van der Waals surface area contributed by atoms with Gasteiger partial charge in [0.1, 0.15) is 0 Å². The molecule has 2 heteroatoms. The second-order valence-corrected chi connectivity index (χ2v) is 6.16. The lowest BCUT2D eigenvalue weighted by Gasteiger charge is -2.20. The number of alkyl halides is 1. The number of hydrogen-bond donors (Lipinski definition) is 0. The Morgan fingerprint density at radius 1 is 1.00 bits per heavy atom. The molecule has 0 spiro atoms. The number of unbranched alkanes of at least 4 members (excludes halogenated alkanes) is 2. The standard InChI is InChI=1S/C16H26BrN/c1-13-10-14(2)16(15(3)11-13)12-18(4)9-7-5-6-8-17/h10-11H,5-9,12H2,1-4H3. The minimum Gasteiger partial charge on any atom is -0.302 e. The number of hydrogen-bond acceptors (Lipinski definition) is 1. The summed E-state index contributed by atoms with van der Waals surface area (Å²) in [6, 6.07) is 4.59. The van der Waals surface area contributed by atoms with Crippen LogP contribution in [-0.2, 0) is 6.54 Å². The Hall–Kier alpha value is -0.340. The molecule has 0 N–H and O–H groups in total. The lowest BCUT2D eigenvalue weighted by atomic mass is 9.99. The molecule has 0 unspecified atom stereocenters. The van der Waals surface area contributed by atoms with Crippen molar-refractivity contribution >= 4 is 15.9 Å². The first-order valence-electron chi connectivity index (χ1n) is 6.86. The van der Waals surface area contributed by atoms with E-state index in [1.807, 2.05) is 0 Å². The molecule has 0 saturated heterocycles. The lowest BCUT2D eigenvalue weighted by Crippen LogP contribution is -2.20. The van der Waals surface area contributed by atoms with E-state index < -0.39 is 0 Å². The molecular weight excluding hydrogens is 286 g/mol. The molecule has 102 valence electrons. The van der Waals surface area contributed by atoms with E-state index in [2.05, 4.69) is 60.8 Å². The maximum Gasteiger partial charge on any atom is 0.0235 e. The third-order valence-electron chi connectivity index (χ3n) is 3.44. The Balaban J connectivity index is 2.51. The molecular formula is C16H26BrN. The predicted octanol–water partition coefficient (Wildman–Crippen LogP) is 4.61. The smallest absolute Gasteiger partial charge is 0.0235 e. The van der Waals surface area contributed by atoms with Gasteiger partial charge in [0.05, 0.1) is 0 Å². The summed E-state index contributed by atoms with van der Waals surface area (Å²) in [4.78, 5) is 2.44. The van der Waals surface area contributed by atoms with Gasteiger partial charge in [-0.05, 0) is 63.9 Å². The second kappa shape index (κ2) is 7.96. The molecule has 0 aromatic heterocycles. The fourth-order valence-electron chi connectivity index (χ4n) is 2.46. The average molecular weight is 312 g/mol. The van der Waals surface area contributed by atoms with Gasteiger partial charge >= 0.3 is 0 Å². The maximum atomic E-state index is 3.48. The van der Waals surface area contributed by atoms with Crippen molar-refractivity contribution in [3.05, 3.63) is 34.4 Å². The van der Waals surface area contributed by atoms with E-state index in [9.17, 15) is 0 Å². The lowest BCUT2D eigenvalue weighted by molar-refractivity contribution is 0.317. The van der Waals surface area contributed by atoms with E-state index >= 15 is 0 Å². The SMILES string of the molecule is Cc1cc(C)c(CN(C)CCCCCBr)c(C)c1. The highest BCUT2D eigenvalue weighted by Gasteiger charge is 2.06. The summed E-state index contributed by atoms with van der Waals surface area (Å²) >= 11 is 3.48. The third-order valence-corrected chi connectivity index (χ3v) is 4.00. The fraction of sp³-hybridized carbons (Fsp3) is 0.625. The van der Waals surface area contributed by atoms with Gasteiger partial charge in [-0.3, -0.25) is 0 Å². The van der Waals surface area contributed by atoms with Gasteiger partial charge < -0.3 is 4.90 Å². The minimum atomic E-state index is 1.08. The zero-order chi connectivity index (χ0) is 13.5. The van der Waals surface area contributed by atoms with E-state index in [0.717, 1.165) is 11.9 Å². The molecule has 0 saturated carbocycles.